The minimum atomic E-state index is -0.360. The van der Waals surface area contributed by atoms with Gasteiger partial charge in [0.15, 0.2) is 11.1 Å². The van der Waals surface area contributed by atoms with E-state index in [1.54, 1.807) is 55.6 Å². The first-order valence-electron chi connectivity index (χ1n) is 8.61. The highest BCUT2D eigenvalue weighted by Gasteiger charge is 2.11. The Bertz CT molecular complexity index is 1320. The van der Waals surface area contributed by atoms with Crippen LogP contribution in [0.25, 0.3) is 17.1 Å². The molecule has 0 spiro atoms. The van der Waals surface area contributed by atoms with Crippen LogP contribution in [-0.4, -0.2) is 23.0 Å². The maximum absolute atomic E-state index is 10.4. The van der Waals surface area contributed by atoms with Gasteiger partial charge in [-0.1, -0.05) is 18.2 Å². The normalized spacial score (nSPS) is 11.4. The summed E-state index contributed by atoms with van der Waals surface area (Å²) < 4.78 is 6.93. The lowest BCUT2D eigenvalue weighted by Crippen LogP contribution is -2.33. The van der Waals surface area contributed by atoms with E-state index in [1.807, 2.05) is 18.2 Å². The minimum Gasteiger partial charge on any atom is -0.497 e. The summed E-state index contributed by atoms with van der Waals surface area (Å²) >= 11 is 0.951. The van der Waals surface area contributed by atoms with Crippen molar-refractivity contribution in [3.8, 4) is 23.6 Å². The molecule has 0 amide bonds. The van der Waals surface area contributed by atoms with Crippen LogP contribution in [0.4, 0.5) is 0 Å². The van der Waals surface area contributed by atoms with Gasteiger partial charge in [-0.05, 0) is 42.0 Å². The Balaban J connectivity index is 2.07. The number of hydrazone groups is 1. The number of methoxy groups -OCH3 is 1. The molecule has 0 saturated carbocycles. The number of hydrogen-bond donors (Lipinski definition) is 3. The fraction of sp³-hybridized carbons (Fsp3) is 0.0476. The van der Waals surface area contributed by atoms with E-state index >= 15 is 0 Å². The number of hydrogen-bond acceptors (Lipinski definition) is 8. The van der Waals surface area contributed by atoms with E-state index in [-0.39, 0.29) is 26.1 Å². The fourth-order valence-electron chi connectivity index (χ4n) is 2.57. The number of benzene rings is 2. The van der Waals surface area contributed by atoms with Crippen molar-refractivity contribution in [3.63, 3.8) is 0 Å². The summed E-state index contributed by atoms with van der Waals surface area (Å²) in [6.07, 6.45) is 1.50. The van der Waals surface area contributed by atoms with Crippen molar-refractivity contribution in [1.29, 1.82) is 15.9 Å². The lowest BCUT2D eigenvalue weighted by molar-refractivity contribution is 0.415. The number of aliphatic hydroxyl groups is 1. The third kappa shape index (κ3) is 4.22. The van der Waals surface area contributed by atoms with Gasteiger partial charge in [-0.15, -0.1) is 11.3 Å². The van der Waals surface area contributed by atoms with E-state index in [0.29, 0.717) is 11.4 Å². The molecule has 1 aromatic heterocycles. The van der Waals surface area contributed by atoms with Crippen molar-refractivity contribution in [1.82, 2.24) is 9.99 Å². The zero-order valence-electron chi connectivity index (χ0n) is 15.8. The van der Waals surface area contributed by atoms with Crippen molar-refractivity contribution in [3.05, 3.63) is 74.8 Å². The highest BCUT2D eigenvalue weighted by Crippen LogP contribution is 2.09. The maximum atomic E-state index is 10.4. The number of para-hydroxylation sites is 1. The molecule has 2 aromatic carbocycles. The summed E-state index contributed by atoms with van der Waals surface area (Å²) in [6, 6.07) is 19.7. The second kappa shape index (κ2) is 9.24. The summed E-state index contributed by atoms with van der Waals surface area (Å²) in [7, 11) is 1.58. The van der Waals surface area contributed by atoms with Gasteiger partial charge in [0.25, 0.3) is 0 Å². The van der Waals surface area contributed by atoms with Crippen LogP contribution in [-0.2, 0) is 0 Å². The average Bonchev–Trinajstić information content (AvgIpc) is 3.12. The first-order chi connectivity index (χ1) is 14.6. The highest BCUT2D eigenvalue weighted by molar-refractivity contribution is 7.07. The summed E-state index contributed by atoms with van der Waals surface area (Å²) in [6.45, 7) is 0. The van der Waals surface area contributed by atoms with Crippen LogP contribution in [0.3, 0.4) is 0 Å². The second-order valence-corrected chi connectivity index (χ2v) is 6.85. The first-order valence-corrected chi connectivity index (χ1v) is 9.43. The fourth-order valence-corrected chi connectivity index (χ4v) is 3.57. The molecule has 30 heavy (non-hydrogen) atoms. The minimum absolute atomic E-state index is 0.0751. The Kier molecular flexibility index (Phi) is 6.28. The number of ether oxygens (including phenoxy) is 1. The number of rotatable bonds is 5. The Hall–Kier alpha value is -4.34. The Labute approximate surface area is 175 Å². The topological polar surface area (TPSA) is 130 Å². The summed E-state index contributed by atoms with van der Waals surface area (Å²) in [5, 5.41) is 41.5. The molecular weight excluding hydrogens is 400 g/mol. The van der Waals surface area contributed by atoms with E-state index < -0.39 is 0 Å². The second-order valence-electron chi connectivity index (χ2n) is 5.85. The number of nitrogens with zero attached hydrogens (tertiary/aromatic N) is 4. The van der Waals surface area contributed by atoms with Crippen LogP contribution in [0, 0.1) is 28.1 Å². The van der Waals surface area contributed by atoms with Crippen molar-refractivity contribution < 1.29 is 9.84 Å². The summed E-state index contributed by atoms with van der Waals surface area (Å²) in [5.74, 6) is 0.355. The van der Waals surface area contributed by atoms with Gasteiger partial charge in [-0.3, -0.25) is 9.98 Å². The van der Waals surface area contributed by atoms with Gasteiger partial charge in [-0.25, -0.2) is 5.43 Å². The molecule has 9 heteroatoms. The molecule has 0 fully saturated rings. The van der Waals surface area contributed by atoms with E-state index in [9.17, 15) is 15.6 Å². The van der Waals surface area contributed by atoms with Crippen LogP contribution in [0.1, 0.15) is 5.56 Å². The molecule has 3 N–H and O–H groups in total. The third-order valence-corrected chi connectivity index (χ3v) is 5.18. The average molecular weight is 416 g/mol. The van der Waals surface area contributed by atoms with E-state index in [4.69, 9.17) is 10.1 Å². The predicted octanol–water partition coefficient (Wildman–Crippen LogP) is 1.47. The van der Waals surface area contributed by atoms with Gasteiger partial charge in [-0.2, -0.15) is 15.6 Å². The number of aliphatic hydroxyl groups excluding tert-OH is 1. The molecule has 0 aliphatic carbocycles. The molecule has 3 rings (SSSR count). The van der Waals surface area contributed by atoms with Crippen LogP contribution >= 0.6 is 11.3 Å². The number of nitriles is 2. The molecule has 8 nitrogen and oxygen atoms in total. The molecule has 0 atom stereocenters. The standard InChI is InChI=1S/C21H16N6O2S/c1-29-17-9-7-14(8-10-17)13-25-26-20(28)18-19(24)27(16-5-3-2-4-6-16)21(30-18)15(11-22)12-23/h2-10,13,24,26,28H,1H3/b20-18-,24-19?,25-13-. The lowest BCUT2D eigenvalue weighted by Gasteiger charge is -2.02. The number of thiazole rings is 1. The molecular formula is C21H16N6O2S. The zero-order valence-corrected chi connectivity index (χ0v) is 16.6. The van der Waals surface area contributed by atoms with Gasteiger partial charge >= 0.3 is 0 Å². The molecule has 1 heterocycles. The zero-order chi connectivity index (χ0) is 21.5. The Morgan fingerprint density at radius 1 is 1.17 bits per heavy atom. The van der Waals surface area contributed by atoms with E-state index in [2.05, 4.69) is 10.5 Å². The summed E-state index contributed by atoms with van der Waals surface area (Å²) in [5.41, 5.74) is 3.64. The van der Waals surface area contributed by atoms with Crippen LogP contribution in [0.15, 0.2) is 59.7 Å². The number of nitrogens with one attached hydrogen (secondary N) is 2. The third-order valence-electron chi connectivity index (χ3n) is 4.01. The summed E-state index contributed by atoms with van der Waals surface area (Å²) in [4.78, 5) is 0. The van der Waals surface area contributed by atoms with Crippen LogP contribution in [0.5, 0.6) is 5.75 Å². The largest absolute Gasteiger partial charge is 0.497 e. The number of aromatic nitrogens is 1. The molecule has 3 aromatic rings. The van der Waals surface area contributed by atoms with Crippen molar-refractivity contribution >= 4 is 29.0 Å². The monoisotopic (exact) mass is 416 g/mol. The molecule has 0 unspecified atom stereocenters. The first kappa shape index (κ1) is 20.4. The smallest absolute Gasteiger partial charge is 0.226 e. The highest BCUT2D eigenvalue weighted by atomic mass is 32.1. The molecule has 0 saturated heterocycles. The van der Waals surface area contributed by atoms with Crippen LogP contribution < -0.4 is 24.8 Å². The molecule has 0 radical (unpaired) electrons. The van der Waals surface area contributed by atoms with Gasteiger partial charge < -0.3 is 9.84 Å². The van der Waals surface area contributed by atoms with Crippen molar-refractivity contribution in [2.24, 2.45) is 5.10 Å². The van der Waals surface area contributed by atoms with Crippen molar-refractivity contribution in [2.45, 2.75) is 0 Å². The quantitative estimate of drug-likeness (QED) is 0.428. The Morgan fingerprint density at radius 2 is 1.83 bits per heavy atom. The van der Waals surface area contributed by atoms with Crippen LogP contribution in [0.2, 0.25) is 0 Å². The SMILES string of the molecule is COc1ccc(/C=N\N/C(O)=c2/sc(=C(C#N)C#N)n(-c3ccccc3)c2=N)cc1. The molecule has 0 bridgehead atoms. The van der Waals surface area contributed by atoms with Gasteiger partial charge in [0.05, 0.1) is 13.3 Å². The predicted molar refractivity (Wildman–Crippen MR) is 113 cm³/mol. The van der Waals surface area contributed by atoms with E-state index in [1.165, 1.54) is 10.8 Å². The van der Waals surface area contributed by atoms with E-state index in [0.717, 1.165) is 16.9 Å². The van der Waals surface area contributed by atoms with Gasteiger partial charge in [0.2, 0.25) is 5.88 Å². The molecule has 0 aliphatic heterocycles. The lowest BCUT2D eigenvalue weighted by atomic mass is 10.2. The molecule has 148 valence electrons. The van der Waals surface area contributed by atoms with Crippen molar-refractivity contribution in [2.75, 3.05) is 7.11 Å². The maximum Gasteiger partial charge on any atom is 0.226 e. The van der Waals surface area contributed by atoms with Gasteiger partial charge in [0.1, 0.15) is 27.1 Å². The van der Waals surface area contributed by atoms with Gasteiger partial charge in [0, 0.05) is 5.69 Å². The molecule has 0 aliphatic rings. The Morgan fingerprint density at radius 3 is 2.43 bits per heavy atom.